The molecule has 1 unspecified atom stereocenters. The zero-order valence-electron chi connectivity index (χ0n) is 10.3. The van der Waals surface area contributed by atoms with Crippen molar-refractivity contribution < 1.29 is 39.2 Å². The van der Waals surface area contributed by atoms with E-state index in [4.69, 9.17) is 15.3 Å². The van der Waals surface area contributed by atoms with E-state index in [-0.39, 0.29) is 5.57 Å². The van der Waals surface area contributed by atoms with Gasteiger partial charge < -0.3 is 20.1 Å². The van der Waals surface area contributed by atoms with Gasteiger partial charge in [0.25, 0.3) is 0 Å². The molecule has 0 aliphatic heterocycles. The molecule has 0 aliphatic carbocycles. The lowest BCUT2D eigenvalue weighted by molar-refractivity contribution is -0.162. The summed E-state index contributed by atoms with van der Waals surface area (Å²) < 4.78 is 3.98. The predicted octanol–water partition coefficient (Wildman–Crippen LogP) is -0.275. The third-order valence-corrected chi connectivity index (χ3v) is 1.27. The van der Waals surface area contributed by atoms with Crippen LogP contribution < -0.4 is 0 Å². The molecule has 3 N–H and O–H groups in total. The summed E-state index contributed by atoms with van der Waals surface area (Å²) in [6.07, 6.45) is -0.317. The van der Waals surface area contributed by atoms with E-state index < -0.39 is 30.0 Å². The molecule has 106 valence electrons. The maximum atomic E-state index is 10.6. The second-order valence-electron chi connectivity index (χ2n) is 3.17. The number of aliphatic carboxylic acids is 2. The maximum absolute atomic E-state index is 10.6. The number of carbonyl (C=O) groups is 4. The lowest BCUT2D eigenvalue weighted by Gasteiger charge is -2.00. The first kappa shape index (κ1) is 18.9. The number of aliphatic hydroxyl groups excluding tert-OH is 1. The molecule has 19 heavy (non-hydrogen) atoms. The lowest BCUT2D eigenvalue weighted by Crippen LogP contribution is -2.21. The van der Waals surface area contributed by atoms with Crippen molar-refractivity contribution in [2.24, 2.45) is 0 Å². The van der Waals surface area contributed by atoms with Crippen molar-refractivity contribution in [3.05, 3.63) is 24.3 Å². The Morgan fingerprint density at radius 2 is 1.58 bits per heavy atom. The van der Waals surface area contributed by atoms with Crippen LogP contribution in [0.4, 0.5) is 0 Å². The first-order valence-corrected chi connectivity index (χ1v) is 4.81. The van der Waals surface area contributed by atoms with E-state index in [1.165, 1.54) is 6.92 Å². The van der Waals surface area contributed by atoms with Gasteiger partial charge >= 0.3 is 23.9 Å². The number of rotatable bonds is 4. The Morgan fingerprint density at radius 3 is 1.84 bits per heavy atom. The molecule has 8 nitrogen and oxygen atoms in total. The van der Waals surface area contributed by atoms with Crippen molar-refractivity contribution in [3.8, 4) is 0 Å². The van der Waals surface area contributed by atoms with Gasteiger partial charge in [0.1, 0.15) is 6.10 Å². The van der Waals surface area contributed by atoms with E-state index in [9.17, 15) is 19.2 Å². The monoisotopic (exact) mass is 274 g/mol. The van der Waals surface area contributed by atoms with Crippen LogP contribution in [0.15, 0.2) is 24.3 Å². The van der Waals surface area contributed by atoms with Gasteiger partial charge in [-0.2, -0.15) is 0 Å². The van der Waals surface area contributed by atoms with Crippen LogP contribution in [0.3, 0.4) is 0 Å². The summed E-state index contributed by atoms with van der Waals surface area (Å²) in [5, 5.41) is 24.5. The summed E-state index contributed by atoms with van der Waals surface area (Å²) in [7, 11) is 0. The fraction of sp³-hybridized carbons (Fsp3) is 0.273. The second-order valence-corrected chi connectivity index (χ2v) is 3.17. The number of esters is 2. The number of hydrogen-bond donors (Lipinski definition) is 3. The highest BCUT2D eigenvalue weighted by Gasteiger charge is 2.13. The van der Waals surface area contributed by atoms with Gasteiger partial charge in [-0.25, -0.2) is 19.2 Å². The fourth-order valence-corrected chi connectivity index (χ4v) is 0.358. The molecule has 0 aliphatic rings. The molecular weight excluding hydrogens is 260 g/mol. The molecule has 1 atom stereocenters. The summed E-state index contributed by atoms with van der Waals surface area (Å²) in [6, 6.07) is 0. The smallest absolute Gasteiger partial charge is 0.342 e. The zero-order chi connectivity index (χ0) is 15.6. The maximum Gasteiger partial charge on any atom is 0.342 e. The highest BCUT2D eigenvalue weighted by atomic mass is 16.6. The van der Waals surface area contributed by atoms with E-state index in [1.54, 1.807) is 0 Å². The van der Waals surface area contributed by atoms with Gasteiger partial charge in [-0.3, -0.25) is 0 Å². The van der Waals surface area contributed by atoms with Gasteiger partial charge in [0, 0.05) is 17.7 Å². The number of carboxylic acid groups (broad SMARTS) is 2. The minimum Gasteiger partial charge on any atom is -0.478 e. The van der Waals surface area contributed by atoms with Gasteiger partial charge in [-0.1, -0.05) is 6.58 Å². The normalized spacial score (nSPS) is 10.9. The largest absolute Gasteiger partial charge is 0.478 e. The van der Waals surface area contributed by atoms with Crippen LogP contribution in [0.25, 0.3) is 0 Å². The highest BCUT2D eigenvalue weighted by molar-refractivity contribution is 5.96. The Hall–Kier alpha value is -2.48. The van der Waals surface area contributed by atoms with Crippen LogP contribution in [0.2, 0.25) is 0 Å². The fourth-order valence-electron chi connectivity index (χ4n) is 0.358. The van der Waals surface area contributed by atoms with E-state index >= 15 is 0 Å². The van der Waals surface area contributed by atoms with Crippen LogP contribution in [0, 0.1) is 0 Å². The van der Waals surface area contributed by atoms with Crippen molar-refractivity contribution in [1.29, 1.82) is 0 Å². The summed E-state index contributed by atoms with van der Waals surface area (Å²) >= 11 is 0. The van der Waals surface area contributed by atoms with Gasteiger partial charge in [0.05, 0.1) is 0 Å². The first-order chi connectivity index (χ1) is 8.57. The second kappa shape index (κ2) is 9.54. The van der Waals surface area contributed by atoms with Crippen LogP contribution in [0.1, 0.15) is 13.8 Å². The molecule has 0 fully saturated rings. The quantitative estimate of drug-likeness (QED) is 0.361. The Kier molecular flexibility index (Phi) is 9.48. The number of ether oxygens (including phenoxy) is 1. The molecule has 0 spiro atoms. The van der Waals surface area contributed by atoms with E-state index in [0.29, 0.717) is 12.2 Å². The first-order valence-electron chi connectivity index (χ1n) is 4.81. The van der Waals surface area contributed by atoms with Gasteiger partial charge in [0.15, 0.2) is 0 Å². The Balaban J connectivity index is 0. The number of hydrogen-bond acceptors (Lipinski definition) is 6. The van der Waals surface area contributed by atoms with Crippen molar-refractivity contribution in [2.75, 3.05) is 0 Å². The molecule has 0 rings (SSSR count). The Labute approximate surface area is 108 Å². The summed E-state index contributed by atoms with van der Waals surface area (Å²) in [5.74, 6) is -4.52. The lowest BCUT2D eigenvalue weighted by atomic mass is 10.4. The van der Waals surface area contributed by atoms with Gasteiger partial charge in [-0.05, 0) is 13.8 Å². The molecule has 0 heterocycles. The van der Waals surface area contributed by atoms with Crippen LogP contribution >= 0.6 is 0 Å². The average Bonchev–Trinajstić information content (AvgIpc) is 2.26. The Bertz CT molecular complexity index is 393. The van der Waals surface area contributed by atoms with Crippen LogP contribution in [-0.2, 0) is 23.9 Å². The standard InChI is InChI=1S/C7H8O6.C4H6O2/c1-4(8)7(12)13-6(11)3-2-5(9)10;1-3(2)4(5)6/h2-4,8H,1H3,(H,9,10);1H2,2H3,(H,5,6)/b3-2-;. The zero-order valence-corrected chi connectivity index (χ0v) is 10.3. The van der Waals surface area contributed by atoms with E-state index in [2.05, 4.69) is 11.3 Å². The van der Waals surface area contributed by atoms with Gasteiger partial charge in [0.2, 0.25) is 0 Å². The molecule has 8 heteroatoms. The van der Waals surface area contributed by atoms with Gasteiger partial charge in [-0.15, -0.1) is 0 Å². The van der Waals surface area contributed by atoms with E-state index in [1.807, 2.05) is 0 Å². The molecule has 0 aromatic carbocycles. The summed E-state index contributed by atoms with van der Waals surface area (Å²) in [6.45, 7) is 5.72. The third kappa shape index (κ3) is 13.5. The molecule has 0 aromatic heterocycles. The van der Waals surface area contributed by atoms with Crippen LogP contribution in [-0.4, -0.2) is 45.3 Å². The topological polar surface area (TPSA) is 138 Å². The third-order valence-electron chi connectivity index (χ3n) is 1.27. The molecule has 0 amide bonds. The predicted molar refractivity (Wildman–Crippen MR) is 62.0 cm³/mol. The highest BCUT2D eigenvalue weighted by Crippen LogP contribution is 1.89. The van der Waals surface area contributed by atoms with Crippen molar-refractivity contribution >= 4 is 23.9 Å². The number of aliphatic hydroxyl groups is 1. The minimum absolute atomic E-state index is 0.176. The van der Waals surface area contributed by atoms with Crippen molar-refractivity contribution in [3.63, 3.8) is 0 Å². The van der Waals surface area contributed by atoms with Crippen molar-refractivity contribution in [1.82, 2.24) is 0 Å². The molecule has 0 bridgehead atoms. The molecule has 0 aromatic rings. The molecular formula is C11H14O8. The van der Waals surface area contributed by atoms with Crippen LogP contribution in [0.5, 0.6) is 0 Å². The molecule has 0 saturated carbocycles. The molecule has 0 saturated heterocycles. The SMILES string of the molecule is C=C(C)C(=O)O.CC(O)C(=O)OC(=O)/C=C\C(=O)O. The Morgan fingerprint density at radius 1 is 1.16 bits per heavy atom. The number of carbonyl (C=O) groups excluding carboxylic acids is 2. The van der Waals surface area contributed by atoms with E-state index in [0.717, 1.165) is 6.92 Å². The summed E-state index contributed by atoms with van der Waals surface area (Å²) in [5.41, 5.74) is 0.176. The number of carboxylic acids is 2. The molecule has 0 radical (unpaired) electrons. The average molecular weight is 274 g/mol. The minimum atomic E-state index is -1.41. The van der Waals surface area contributed by atoms with Crippen molar-refractivity contribution in [2.45, 2.75) is 20.0 Å². The summed E-state index contributed by atoms with van der Waals surface area (Å²) in [4.78, 5) is 40.6.